The first-order chi connectivity index (χ1) is 13.1. The molecule has 0 bridgehead atoms. The van der Waals surface area contributed by atoms with E-state index in [1.807, 2.05) is 31.2 Å². The third kappa shape index (κ3) is 3.42. The molecule has 136 valence electrons. The first-order valence-electron chi connectivity index (χ1n) is 8.47. The van der Waals surface area contributed by atoms with Crippen molar-refractivity contribution in [2.75, 3.05) is 13.4 Å². The van der Waals surface area contributed by atoms with Crippen LogP contribution in [0.15, 0.2) is 48.5 Å². The number of rotatable bonds is 5. The number of carbonyl (C=O) groups is 2. The molecule has 6 nitrogen and oxygen atoms in total. The Hall–Kier alpha value is -3.54. The molecule has 6 heteroatoms. The minimum Gasteiger partial charge on any atom is -0.454 e. The van der Waals surface area contributed by atoms with E-state index in [9.17, 15) is 9.59 Å². The van der Waals surface area contributed by atoms with Gasteiger partial charge in [-0.1, -0.05) is 24.3 Å². The number of nitrogens with one attached hydrogen (secondary N) is 1. The van der Waals surface area contributed by atoms with Gasteiger partial charge in [0.15, 0.2) is 18.1 Å². The lowest BCUT2D eigenvalue weighted by molar-refractivity contribution is -0.136. The van der Waals surface area contributed by atoms with Crippen molar-refractivity contribution in [3.8, 4) is 11.5 Å². The summed E-state index contributed by atoms with van der Waals surface area (Å²) < 4.78 is 15.6. The summed E-state index contributed by atoms with van der Waals surface area (Å²) >= 11 is 0. The Labute approximate surface area is 155 Å². The van der Waals surface area contributed by atoms with Gasteiger partial charge in [-0.05, 0) is 36.8 Å². The molecule has 0 radical (unpaired) electrons. The van der Waals surface area contributed by atoms with Gasteiger partial charge in [-0.25, -0.2) is 4.79 Å². The summed E-state index contributed by atoms with van der Waals surface area (Å²) in [6.45, 7) is 1.71. The third-order valence-electron chi connectivity index (χ3n) is 4.33. The summed E-state index contributed by atoms with van der Waals surface area (Å²) in [6.07, 6.45) is 2.89. The number of para-hydroxylation sites is 1. The number of esters is 1. The molecule has 0 saturated carbocycles. The van der Waals surface area contributed by atoms with Crippen LogP contribution < -0.4 is 9.47 Å². The van der Waals surface area contributed by atoms with E-state index in [1.165, 1.54) is 6.08 Å². The number of fused-ring (bicyclic) bond motifs is 2. The number of ketones is 1. The van der Waals surface area contributed by atoms with Gasteiger partial charge in [-0.2, -0.15) is 0 Å². The SMILES string of the molecule is Cc1[nH]c2ccccc2c1C(=O)COC(=O)/C=C/c1ccc2c(c1)OCO2. The predicted octanol–water partition coefficient (Wildman–Crippen LogP) is 3.64. The standard InChI is InChI=1S/C21H17NO5/c1-13-21(15-4-2-3-5-16(15)22-13)17(23)11-25-20(24)9-7-14-6-8-18-19(10-14)27-12-26-18/h2-10,22H,11-12H2,1H3/b9-7+. The highest BCUT2D eigenvalue weighted by Gasteiger charge is 2.17. The zero-order valence-corrected chi connectivity index (χ0v) is 14.7. The summed E-state index contributed by atoms with van der Waals surface area (Å²) in [7, 11) is 0. The summed E-state index contributed by atoms with van der Waals surface area (Å²) in [6, 6.07) is 12.9. The van der Waals surface area contributed by atoms with Crippen molar-refractivity contribution in [1.82, 2.24) is 4.98 Å². The van der Waals surface area contributed by atoms with Crippen LogP contribution in [0.4, 0.5) is 0 Å². The van der Waals surface area contributed by atoms with Gasteiger partial charge < -0.3 is 19.2 Å². The van der Waals surface area contributed by atoms with E-state index in [1.54, 1.807) is 24.3 Å². The van der Waals surface area contributed by atoms with Crippen LogP contribution in [-0.4, -0.2) is 30.1 Å². The molecular formula is C21H17NO5. The highest BCUT2D eigenvalue weighted by atomic mass is 16.7. The first-order valence-corrected chi connectivity index (χ1v) is 8.47. The summed E-state index contributed by atoms with van der Waals surface area (Å²) in [5.74, 6) is 0.484. The topological polar surface area (TPSA) is 77.6 Å². The van der Waals surface area contributed by atoms with Crippen LogP contribution in [-0.2, 0) is 9.53 Å². The molecule has 3 aromatic rings. The average Bonchev–Trinajstić information content (AvgIpc) is 3.27. The lowest BCUT2D eigenvalue weighted by Gasteiger charge is -2.02. The number of ether oxygens (including phenoxy) is 3. The Morgan fingerprint density at radius 3 is 2.85 bits per heavy atom. The molecule has 0 fully saturated rings. The summed E-state index contributed by atoms with van der Waals surface area (Å²) in [4.78, 5) is 27.6. The minimum atomic E-state index is -0.585. The zero-order chi connectivity index (χ0) is 18.8. The van der Waals surface area contributed by atoms with E-state index in [4.69, 9.17) is 14.2 Å². The first kappa shape index (κ1) is 16.9. The van der Waals surface area contributed by atoms with E-state index in [-0.39, 0.29) is 19.2 Å². The van der Waals surface area contributed by atoms with Gasteiger partial charge in [0.2, 0.25) is 12.6 Å². The second-order valence-electron chi connectivity index (χ2n) is 6.15. The number of aromatic amines is 1. The number of hydrogen-bond acceptors (Lipinski definition) is 5. The second kappa shape index (κ2) is 6.99. The van der Waals surface area contributed by atoms with E-state index in [0.29, 0.717) is 17.1 Å². The molecule has 0 aliphatic carbocycles. The number of aromatic nitrogens is 1. The molecule has 1 aliphatic rings. The maximum atomic E-state index is 12.5. The highest BCUT2D eigenvalue weighted by Crippen LogP contribution is 2.32. The number of carbonyl (C=O) groups excluding carboxylic acids is 2. The molecule has 2 heterocycles. The van der Waals surface area contributed by atoms with Crippen molar-refractivity contribution in [2.45, 2.75) is 6.92 Å². The maximum Gasteiger partial charge on any atom is 0.331 e. The Bertz CT molecular complexity index is 1060. The van der Waals surface area contributed by atoms with Crippen molar-refractivity contribution >= 4 is 28.7 Å². The number of aryl methyl sites for hydroxylation is 1. The minimum absolute atomic E-state index is 0.194. The Kier molecular flexibility index (Phi) is 4.38. The van der Waals surface area contributed by atoms with Gasteiger partial charge in [0.25, 0.3) is 0 Å². The predicted molar refractivity (Wildman–Crippen MR) is 99.9 cm³/mol. The van der Waals surface area contributed by atoms with Gasteiger partial charge in [0.05, 0.1) is 0 Å². The fourth-order valence-corrected chi connectivity index (χ4v) is 3.07. The van der Waals surface area contributed by atoms with Crippen molar-refractivity contribution in [3.05, 3.63) is 65.4 Å². The van der Waals surface area contributed by atoms with Crippen LogP contribution in [0.2, 0.25) is 0 Å². The number of Topliss-reactive ketones (excluding diaryl/α,β-unsaturated/α-hetero) is 1. The second-order valence-corrected chi connectivity index (χ2v) is 6.15. The summed E-state index contributed by atoms with van der Waals surface area (Å²) in [5.41, 5.74) is 2.97. The molecule has 2 aromatic carbocycles. The molecule has 0 spiro atoms. The Balaban J connectivity index is 1.40. The third-order valence-corrected chi connectivity index (χ3v) is 4.33. The lowest BCUT2D eigenvalue weighted by Crippen LogP contribution is -2.13. The summed E-state index contributed by atoms with van der Waals surface area (Å²) in [5, 5.41) is 0.826. The molecule has 0 amide bonds. The molecule has 1 N–H and O–H groups in total. The van der Waals surface area contributed by atoms with Crippen molar-refractivity contribution in [1.29, 1.82) is 0 Å². The van der Waals surface area contributed by atoms with Gasteiger partial charge >= 0.3 is 5.97 Å². The number of hydrogen-bond donors (Lipinski definition) is 1. The van der Waals surface area contributed by atoms with E-state index in [0.717, 1.165) is 22.2 Å². The smallest absolute Gasteiger partial charge is 0.331 e. The van der Waals surface area contributed by atoms with E-state index in [2.05, 4.69) is 4.98 Å². The van der Waals surface area contributed by atoms with Crippen molar-refractivity contribution < 1.29 is 23.8 Å². The Morgan fingerprint density at radius 2 is 1.96 bits per heavy atom. The largest absolute Gasteiger partial charge is 0.454 e. The molecular weight excluding hydrogens is 346 g/mol. The Morgan fingerprint density at radius 1 is 1.15 bits per heavy atom. The van der Waals surface area contributed by atoms with Crippen molar-refractivity contribution in [2.24, 2.45) is 0 Å². The van der Waals surface area contributed by atoms with Crippen molar-refractivity contribution in [3.63, 3.8) is 0 Å². The molecule has 0 atom stereocenters. The van der Waals surface area contributed by atoms with Crippen LogP contribution in [0, 0.1) is 6.92 Å². The van der Waals surface area contributed by atoms with Crippen LogP contribution >= 0.6 is 0 Å². The quantitative estimate of drug-likeness (QED) is 0.425. The normalized spacial score (nSPS) is 12.6. The fraction of sp³-hybridized carbons (Fsp3) is 0.143. The highest BCUT2D eigenvalue weighted by molar-refractivity contribution is 6.10. The van der Waals surface area contributed by atoms with E-state index < -0.39 is 5.97 Å². The maximum absolute atomic E-state index is 12.5. The monoisotopic (exact) mass is 363 g/mol. The van der Waals surface area contributed by atoms with E-state index >= 15 is 0 Å². The number of benzene rings is 2. The molecule has 0 saturated heterocycles. The van der Waals surface area contributed by atoms with Crippen LogP contribution in [0.3, 0.4) is 0 Å². The molecule has 4 rings (SSSR count). The van der Waals surface area contributed by atoms with Crippen LogP contribution in [0.25, 0.3) is 17.0 Å². The van der Waals surface area contributed by atoms with Gasteiger partial charge in [0, 0.05) is 28.2 Å². The zero-order valence-electron chi connectivity index (χ0n) is 14.7. The van der Waals surface area contributed by atoms with Gasteiger partial charge in [0.1, 0.15) is 0 Å². The fourth-order valence-electron chi connectivity index (χ4n) is 3.07. The molecule has 1 aliphatic heterocycles. The van der Waals surface area contributed by atoms with Crippen LogP contribution in [0.5, 0.6) is 11.5 Å². The average molecular weight is 363 g/mol. The molecule has 0 unspecified atom stereocenters. The molecule has 1 aromatic heterocycles. The molecule has 27 heavy (non-hydrogen) atoms. The lowest BCUT2D eigenvalue weighted by atomic mass is 10.1. The van der Waals surface area contributed by atoms with Gasteiger partial charge in [-0.3, -0.25) is 4.79 Å². The van der Waals surface area contributed by atoms with Crippen LogP contribution in [0.1, 0.15) is 21.6 Å². The van der Waals surface area contributed by atoms with Gasteiger partial charge in [-0.15, -0.1) is 0 Å². The number of H-pyrrole nitrogens is 1.